The van der Waals surface area contributed by atoms with Crippen LogP contribution in [0.15, 0.2) is 23.1 Å². The van der Waals surface area contributed by atoms with Gasteiger partial charge in [0, 0.05) is 24.3 Å². The Morgan fingerprint density at radius 3 is 2.35 bits per heavy atom. The largest absolute Gasteiger partial charge is 0.335 e. The van der Waals surface area contributed by atoms with E-state index in [9.17, 15) is 13.2 Å². The number of amides is 2. The van der Waals surface area contributed by atoms with Gasteiger partial charge >= 0.3 is 6.03 Å². The van der Waals surface area contributed by atoms with Gasteiger partial charge in [-0.15, -0.1) is 0 Å². The lowest BCUT2D eigenvalue weighted by Gasteiger charge is -2.21. The van der Waals surface area contributed by atoms with E-state index in [-0.39, 0.29) is 18.1 Å². The predicted molar refractivity (Wildman–Crippen MR) is 101 cm³/mol. The van der Waals surface area contributed by atoms with Crippen LogP contribution in [0.4, 0.5) is 10.5 Å². The summed E-state index contributed by atoms with van der Waals surface area (Å²) in [7, 11) is -3.49. The van der Waals surface area contributed by atoms with Crippen LogP contribution >= 0.6 is 0 Å². The Labute approximate surface area is 155 Å². The first kappa shape index (κ1) is 17.8. The molecule has 2 aliphatic carbocycles. The maximum atomic E-state index is 12.6. The molecule has 1 aliphatic heterocycles. The van der Waals surface area contributed by atoms with Crippen molar-refractivity contribution in [1.82, 2.24) is 10.0 Å². The van der Waals surface area contributed by atoms with Crippen LogP contribution in [0.3, 0.4) is 0 Å². The second-order valence-corrected chi connectivity index (χ2v) is 9.44. The smallest absolute Gasteiger partial charge is 0.322 e. The number of anilines is 1. The molecule has 2 fully saturated rings. The van der Waals surface area contributed by atoms with Gasteiger partial charge < -0.3 is 5.32 Å². The van der Waals surface area contributed by atoms with Gasteiger partial charge in [0.25, 0.3) is 0 Å². The molecule has 4 rings (SSSR count). The third-order valence-electron chi connectivity index (χ3n) is 5.86. The lowest BCUT2D eigenvalue weighted by atomic mass is 10.2. The van der Waals surface area contributed by atoms with Gasteiger partial charge in [0.1, 0.15) is 0 Å². The molecule has 0 saturated heterocycles. The molecular weight excluding hydrogens is 350 g/mol. The number of nitrogens with zero attached hydrogens (tertiary/aromatic N) is 1. The molecule has 1 aromatic carbocycles. The van der Waals surface area contributed by atoms with Gasteiger partial charge in [-0.2, -0.15) is 0 Å². The summed E-state index contributed by atoms with van der Waals surface area (Å²) in [6, 6.07) is 5.41. The second kappa shape index (κ2) is 7.19. The van der Waals surface area contributed by atoms with Crippen LogP contribution in [0, 0.1) is 0 Å². The van der Waals surface area contributed by atoms with Crippen LogP contribution in [0.1, 0.15) is 56.9 Å². The van der Waals surface area contributed by atoms with E-state index in [1.54, 1.807) is 23.1 Å². The molecule has 26 heavy (non-hydrogen) atoms. The van der Waals surface area contributed by atoms with E-state index in [4.69, 9.17) is 0 Å². The maximum absolute atomic E-state index is 12.6. The summed E-state index contributed by atoms with van der Waals surface area (Å²) in [6.07, 6.45) is 9.16. The highest BCUT2D eigenvalue weighted by atomic mass is 32.2. The monoisotopic (exact) mass is 377 g/mol. The van der Waals surface area contributed by atoms with Crippen LogP contribution in [-0.4, -0.2) is 33.1 Å². The van der Waals surface area contributed by atoms with E-state index >= 15 is 0 Å². The molecule has 6 nitrogen and oxygen atoms in total. The molecule has 2 N–H and O–H groups in total. The fourth-order valence-electron chi connectivity index (χ4n) is 4.41. The molecule has 7 heteroatoms. The van der Waals surface area contributed by atoms with Crippen molar-refractivity contribution < 1.29 is 13.2 Å². The number of sulfonamides is 1. The fraction of sp³-hybridized carbons (Fsp3) is 0.632. The van der Waals surface area contributed by atoms with Crippen molar-refractivity contribution >= 4 is 21.7 Å². The minimum absolute atomic E-state index is 0.0574. The summed E-state index contributed by atoms with van der Waals surface area (Å²) >= 11 is 0. The van der Waals surface area contributed by atoms with Gasteiger partial charge in [0.2, 0.25) is 10.0 Å². The highest BCUT2D eigenvalue weighted by molar-refractivity contribution is 7.89. The number of fused-ring (bicyclic) bond motifs is 1. The Kier molecular flexibility index (Phi) is 4.92. The van der Waals surface area contributed by atoms with Crippen LogP contribution in [0.5, 0.6) is 0 Å². The minimum atomic E-state index is -3.49. The summed E-state index contributed by atoms with van der Waals surface area (Å²) in [6.45, 7) is 0.605. The first-order valence-corrected chi connectivity index (χ1v) is 11.2. The molecule has 0 atom stereocenters. The SMILES string of the molecule is O=C(NC1CCCC1)N1CCc2cc(S(=O)(=O)NC3CCCC3)ccc21. The van der Waals surface area contributed by atoms with Crippen molar-refractivity contribution in [2.75, 3.05) is 11.4 Å². The second-order valence-electron chi connectivity index (χ2n) is 7.73. The molecule has 1 aromatic rings. The first-order valence-electron chi connectivity index (χ1n) is 9.76. The predicted octanol–water partition coefficient (Wildman–Crippen LogP) is 2.92. The van der Waals surface area contributed by atoms with Crippen LogP contribution in [-0.2, 0) is 16.4 Å². The molecule has 142 valence electrons. The van der Waals surface area contributed by atoms with E-state index in [2.05, 4.69) is 10.0 Å². The zero-order valence-electron chi connectivity index (χ0n) is 15.0. The van der Waals surface area contributed by atoms with Gasteiger partial charge in [-0.1, -0.05) is 25.7 Å². The number of hydrogen-bond acceptors (Lipinski definition) is 3. The fourth-order valence-corrected chi connectivity index (χ4v) is 5.77. The maximum Gasteiger partial charge on any atom is 0.322 e. The Balaban J connectivity index is 1.48. The number of hydrogen-bond donors (Lipinski definition) is 2. The molecule has 0 radical (unpaired) electrons. The van der Waals surface area contributed by atoms with Crippen molar-refractivity contribution in [2.24, 2.45) is 0 Å². The van der Waals surface area contributed by atoms with E-state index < -0.39 is 10.0 Å². The quantitative estimate of drug-likeness (QED) is 0.847. The topological polar surface area (TPSA) is 78.5 Å². The Hall–Kier alpha value is -1.60. The third kappa shape index (κ3) is 3.60. The Morgan fingerprint density at radius 2 is 1.65 bits per heavy atom. The molecule has 0 aromatic heterocycles. The standard InChI is InChI=1S/C19H27N3O3S/c23-19(20-15-5-1-2-6-15)22-12-11-14-13-17(9-10-18(14)22)26(24,25)21-16-7-3-4-8-16/h9-10,13,15-16,21H,1-8,11-12H2,(H,20,23). The van der Waals surface area contributed by atoms with Crippen molar-refractivity contribution in [3.05, 3.63) is 23.8 Å². The van der Waals surface area contributed by atoms with Gasteiger partial charge in [-0.05, 0) is 55.9 Å². The lowest BCUT2D eigenvalue weighted by Crippen LogP contribution is -2.43. The summed E-state index contributed by atoms with van der Waals surface area (Å²) < 4.78 is 28.1. The average Bonchev–Trinajstić information content (AvgIpc) is 3.35. The van der Waals surface area contributed by atoms with Gasteiger partial charge in [-0.25, -0.2) is 17.9 Å². The molecule has 0 unspecified atom stereocenters. The van der Waals surface area contributed by atoms with Crippen LogP contribution in [0.25, 0.3) is 0 Å². The van der Waals surface area contributed by atoms with E-state index in [0.717, 1.165) is 49.8 Å². The number of rotatable bonds is 4. The van der Waals surface area contributed by atoms with Gasteiger partial charge in [0.15, 0.2) is 0 Å². The lowest BCUT2D eigenvalue weighted by molar-refractivity contribution is 0.243. The van der Waals surface area contributed by atoms with Gasteiger partial charge in [-0.3, -0.25) is 4.90 Å². The summed E-state index contributed by atoms with van der Waals surface area (Å²) in [5.41, 5.74) is 1.76. The van der Waals surface area contributed by atoms with Crippen molar-refractivity contribution in [2.45, 2.75) is 74.8 Å². The highest BCUT2D eigenvalue weighted by Gasteiger charge is 2.29. The highest BCUT2D eigenvalue weighted by Crippen LogP contribution is 2.31. The molecule has 1 heterocycles. The van der Waals surface area contributed by atoms with E-state index in [0.29, 0.717) is 17.9 Å². The summed E-state index contributed by atoms with van der Waals surface area (Å²) in [5.74, 6) is 0. The molecule has 3 aliphatic rings. The normalized spacial score (nSPS) is 21.3. The number of carbonyl (C=O) groups is 1. The minimum Gasteiger partial charge on any atom is -0.335 e. The summed E-state index contributed by atoms with van der Waals surface area (Å²) in [5, 5.41) is 3.11. The Bertz CT molecular complexity index is 781. The molecule has 2 saturated carbocycles. The zero-order chi connectivity index (χ0) is 18.1. The van der Waals surface area contributed by atoms with Crippen LogP contribution in [0.2, 0.25) is 0 Å². The van der Waals surface area contributed by atoms with E-state index in [1.165, 1.54) is 12.8 Å². The average molecular weight is 378 g/mol. The third-order valence-corrected chi connectivity index (χ3v) is 7.38. The van der Waals surface area contributed by atoms with E-state index in [1.807, 2.05) is 0 Å². The molecule has 0 spiro atoms. The van der Waals surface area contributed by atoms with Crippen molar-refractivity contribution in [3.8, 4) is 0 Å². The zero-order valence-corrected chi connectivity index (χ0v) is 15.9. The molecule has 0 bridgehead atoms. The van der Waals surface area contributed by atoms with Gasteiger partial charge in [0.05, 0.1) is 4.90 Å². The number of benzene rings is 1. The number of nitrogens with one attached hydrogen (secondary N) is 2. The molecule has 2 amide bonds. The number of urea groups is 1. The summed E-state index contributed by atoms with van der Waals surface area (Å²) in [4.78, 5) is 14.6. The number of carbonyl (C=O) groups excluding carboxylic acids is 1. The first-order chi connectivity index (χ1) is 12.5. The Morgan fingerprint density at radius 1 is 1.00 bits per heavy atom. The van der Waals surface area contributed by atoms with Crippen molar-refractivity contribution in [1.29, 1.82) is 0 Å². The van der Waals surface area contributed by atoms with Crippen LogP contribution < -0.4 is 14.9 Å². The molecular formula is C19H27N3O3S. The van der Waals surface area contributed by atoms with Crippen molar-refractivity contribution in [3.63, 3.8) is 0 Å².